The number of allylic oxidation sites excluding steroid dienone is 1. The zero-order valence-electron chi connectivity index (χ0n) is 18.2. The summed E-state index contributed by atoms with van der Waals surface area (Å²) in [6.07, 6.45) is 1.57. The van der Waals surface area contributed by atoms with Crippen LogP contribution in [0, 0.1) is 0 Å². The zero-order chi connectivity index (χ0) is 23.7. The highest BCUT2D eigenvalue weighted by atomic mass is 35.5. The van der Waals surface area contributed by atoms with Crippen LogP contribution in [0.3, 0.4) is 0 Å². The van der Waals surface area contributed by atoms with Gasteiger partial charge in [-0.3, -0.25) is 9.36 Å². The molecule has 0 saturated carbocycles. The summed E-state index contributed by atoms with van der Waals surface area (Å²) in [6.45, 7) is 3.65. The molecule has 1 aliphatic rings. The molecule has 1 atom stereocenters. The molecule has 1 aromatic heterocycles. The van der Waals surface area contributed by atoms with Gasteiger partial charge < -0.3 is 14.6 Å². The van der Waals surface area contributed by atoms with Crippen LogP contribution < -0.4 is 19.6 Å². The van der Waals surface area contributed by atoms with Gasteiger partial charge in [-0.2, -0.15) is 0 Å². The van der Waals surface area contributed by atoms with Crippen LogP contribution in [-0.2, 0) is 9.53 Å². The number of phenols is 1. The van der Waals surface area contributed by atoms with Gasteiger partial charge in [-0.25, -0.2) is 9.79 Å². The van der Waals surface area contributed by atoms with Crippen molar-refractivity contribution in [2.45, 2.75) is 19.9 Å². The Bertz CT molecular complexity index is 1440. The molecule has 2 aromatic carbocycles. The number of fused-ring (bicyclic) bond motifs is 1. The smallest absolute Gasteiger partial charge is 0.338 e. The van der Waals surface area contributed by atoms with Gasteiger partial charge >= 0.3 is 5.97 Å². The highest BCUT2D eigenvalue weighted by Gasteiger charge is 2.33. The van der Waals surface area contributed by atoms with Crippen molar-refractivity contribution < 1.29 is 19.4 Å². The Morgan fingerprint density at radius 1 is 1.27 bits per heavy atom. The predicted molar refractivity (Wildman–Crippen MR) is 127 cm³/mol. The molecule has 0 unspecified atom stereocenters. The Morgan fingerprint density at radius 2 is 2.00 bits per heavy atom. The number of methoxy groups -OCH3 is 1. The minimum Gasteiger partial charge on any atom is -0.507 e. The van der Waals surface area contributed by atoms with Crippen molar-refractivity contribution >= 4 is 35.0 Å². The van der Waals surface area contributed by atoms with Crippen LogP contribution in [0.1, 0.15) is 31.0 Å². The molecule has 0 aliphatic carbocycles. The van der Waals surface area contributed by atoms with Crippen LogP contribution in [0.5, 0.6) is 11.5 Å². The average Bonchev–Trinajstić information content (AvgIpc) is 3.10. The number of benzene rings is 2. The third-order valence-corrected chi connectivity index (χ3v) is 6.44. The zero-order valence-corrected chi connectivity index (χ0v) is 19.7. The van der Waals surface area contributed by atoms with E-state index < -0.39 is 12.0 Å². The number of nitrogens with zero attached hydrogens (tertiary/aromatic N) is 2. The number of ether oxygens (including phenoxy) is 2. The minimum atomic E-state index is -0.721. The summed E-state index contributed by atoms with van der Waals surface area (Å²) in [7, 11) is 1.57. The number of thiazole rings is 1. The Kier molecular flexibility index (Phi) is 6.40. The maximum atomic E-state index is 13.5. The van der Waals surface area contributed by atoms with E-state index in [2.05, 4.69) is 4.99 Å². The summed E-state index contributed by atoms with van der Waals surface area (Å²) in [5, 5.41) is 10.6. The molecule has 7 nitrogen and oxygen atoms in total. The lowest BCUT2D eigenvalue weighted by Crippen LogP contribution is -2.39. The van der Waals surface area contributed by atoms with E-state index in [1.807, 2.05) is 0 Å². The number of carbonyl (C=O) groups excluding carboxylic acids is 1. The Hall–Kier alpha value is -3.36. The van der Waals surface area contributed by atoms with Gasteiger partial charge in [0.2, 0.25) is 0 Å². The van der Waals surface area contributed by atoms with E-state index in [9.17, 15) is 14.7 Å². The molecule has 0 saturated heterocycles. The third-order valence-electron chi connectivity index (χ3n) is 5.22. The molecule has 9 heteroatoms. The van der Waals surface area contributed by atoms with Crippen LogP contribution in [0.15, 0.2) is 63.5 Å². The molecule has 2 heterocycles. The van der Waals surface area contributed by atoms with Crippen molar-refractivity contribution in [3.05, 3.63) is 89.6 Å². The lowest BCUT2D eigenvalue weighted by Gasteiger charge is -2.24. The number of rotatable bonds is 5. The maximum absolute atomic E-state index is 13.5. The molecule has 33 heavy (non-hydrogen) atoms. The highest BCUT2D eigenvalue weighted by molar-refractivity contribution is 7.07. The van der Waals surface area contributed by atoms with E-state index in [0.29, 0.717) is 42.5 Å². The second-order valence-electron chi connectivity index (χ2n) is 7.28. The molecular weight excluding hydrogens is 464 g/mol. The molecule has 0 amide bonds. The fourth-order valence-electron chi connectivity index (χ4n) is 3.68. The van der Waals surface area contributed by atoms with Crippen LogP contribution in [0.25, 0.3) is 6.08 Å². The molecule has 0 bridgehead atoms. The van der Waals surface area contributed by atoms with Gasteiger partial charge in [0.05, 0.1) is 35.6 Å². The van der Waals surface area contributed by atoms with E-state index in [-0.39, 0.29) is 17.9 Å². The summed E-state index contributed by atoms with van der Waals surface area (Å²) < 4.78 is 12.4. The first-order valence-electron chi connectivity index (χ1n) is 10.2. The van der Waals surface area contributed by atoms with Gasteiger partial charge in [0.1, 0.15) is 11.5 Å². The second-order valence-corrected chi connectivity index (χ2v) is 8.72. The molecule has 3 aromatic rings. The highest BCUT2D eigenvalue weighted by Crippen LogP contribution is 2.31. The summed E-state index contributed by atoms with van der Waals surface area (Å²) in [6, 6.07) is 11.0. The van der Waals surface area contributed by atoms with Gasteiger partial charge in [-0.1, -0.05) is 35.1 Å². The van der Waals surface area contributed by atoms with Crippen molar-refractivity contribution in [3.63, 3.8) is 0 Å². The van der Waals surface area contributed by atoms with Gasteiger partial charge in [0, 0.05) is 10.6 Å². The molecule has 4 rings (SSSR count). The van der Waals surface area contributed by atoms with Crippen LogP contribution >= 0.6 is 22.9 Å². The maximum Gasteiger partial charge on any atom is 0.338 e. The molecular formula is C24H21ClN2O5S. The van der Waals surface area contributed by atoms with Crippen molar-refractivity contribution in [3.8, 4) is 11.5 Å². The molecule has 1 aliphatic heterocycles. The lowest BCUT2D eigenvalue weighted by atomic mass is 9.96. The number of esters is 1. The monoisotopic (exact) mass is 484 g/mol. The SMILES string of the molecule is CCOC(=O)C1=C(C)N=c2s/c(=C/c3cc(Cl)ccc3O)c(=O)n2[C@H]1c1ccc(OC)cc1. The van der Waals surface area contributed by atoms with E-state index in [1.54, 1.807) is 63.4 Å². The van der Waals surface area contributed by atoms with E-state index in [0.717, 1.165) is 0 Å². The van der Waals surface area contributed by atoms with Gasteiger partial charge in [0.25, 0.3) is 5.56 Å². The number of phenolic OH excluding ortho intramolecular Hbond substituents is 1. The molecule has 0 fully saturated rings. The van der Waals surface area contributed by atoms with E-state index >= 15 is 0 Å². The normalized spacial score (nSPS) is 15.8. The number of hydrogen-bond acceptors (Lipinski definition) is 7. The predicted octanol–water partition coefficient (Wildman–Crippen LogP) is 3.17. The first-order valence-corrected chi connectivity index (χ1v) is 11.4. The number of aromatic hydroxyl groups is 1. The topological polar surface area (TPSA) is 90.1 Å². The number of carbonyl (C=O) groups is 1. The van der Waals surface area contributed by atoms with E-state index in [4.69, 9.17) is 21.1 Å². The van der Waals surface area contributed by atoms with Crippen molar-refractivity contribution in [1.82, 2.24) is 4.57 Å². The van der Waals surface area contributed by atoms with Gasteiger partial charge in [0.15, 0.2) is 4.80 Å². The largest absolute Gasteiger partial charge is 0.507 e. The second kappa shape index (κ2) is 9.25. The summed E-state index contributed by atoms with van der Waals surface area (Å²) in [4.78, 5) is 31.4. The number of hydrogen-bond donors (Lipinski definition) is 1. The van der Waals surface area contributed by atoms with Crippen molar-refractivity contribution in [2.75, 3.05) is 13.7 Å². The lowest BCUT2D eigenvalue weighted by molar-refractivity contribution is -0.139. The van der Waals surface area contributed by atoms with Crippen molar-refractivity contribution in [1.29, 1.82) is 0 Å². The van der Waals surface area contributed by atoms with Crippen molar-refractivity contribution in [2.24, 2.45) is 4.99 Å². The third kappa shape index (κ3) is 4.31. The molecule has 170 valence electrons. The first-order chi connectivity index (χ1) is 15.8. The Morgan fingerprint density at radius 3 is 2.67 bits per heavy atom. The Labute approximate surface area is 198 Å². The fraction of sp³-hybridized carbons (Fsp3) is 0.208. The molecule has 0 spiro atoms. The number of aromatic nitrogens is 1. The van der Waals surface area contributed by atoms with E-state index in [1.165, 1.54) is 22.0 Å². The van der Waals surface area contributed by atoms with Gasteiger partial charge in [-0.15, -0.1) is 0 Å². The number of halogens is 1. The summed E-state index contributed by atoms with van der Waals surface area (Å²) >= 11 is 7.23. The minimum absolute atomic E-state index is 0.000309. The molecule has 0 radical (unpaired) electrons. The summed E-state index contributed by atoms with van der Waals surface area (Å²) in [5.74, 6) is 0.127. The standard InChI is InChI=1S/C24H21ClN2O5S/c1-4-32-23(30)20-13(2)26-24-27(21(20)14-5-8-17(31-3)9-6-14)22(29)19(33-24)12-15-11-16(25)7-10-18(15)28/h5-12,21,28H,4H2,1-3H3/b19-12+/t21-/m0/s1. The van der Waals surface area contributed by atoms with Crippen LogP contribution in [0.2, 0.25) is 5.02 Å². The average molecular weight is 485 g/mol. The quantitative estimate of drug-likeness (QED) is 0.562. The first kappa shape index (κ1) is 22.8. The van der Waals surface area contributed by atoms with Crippen LogP contribution in [0.4, 0.5) is 0 Å². The van der Waals surface area contributed by atoms with Gasteiger partial charge in [-0.05, 0) is 55.8 Å². The fourth-order valence-corrected chi connectivity index (χ4v) is 4.89. The molecule has 1 N–H and O–H groups in total. The Balaban J connectivity index is 1.96. The summed E-state index contributed by atoms with van der Waals surface area (Å²) in [5.41, 5.74) is 1.56. The van der Waals surface area contributed by atoms with Crippen LogP contribution in [-0.4, -0.2) is 29.4 Å².